The summed E-state index contributed by atoms with van der Waals surface area (Å²) < 4.78 is 10.7. The maximum Gasteiger partial charge on any atom is 0.244 e. The van der Waals surface area contributed by atoms with Crippen LogP contribution in [-0.4, -0.2) is 4.57 Å². The minimum absolute atomic E-state index is 0. The lowest BCUT2D eigenvalue weighted by molar-refractivity contribution is -0.705. The molecule has 3 nitrogen and oxygen atoms in total. The van der Waals surface area contributed by atoms with Gasteiger partial charge in [0.2, 0.25) is 6.33 Å². The second-order valence-corrected chi connectivity index (χ2v) is 10.7. The lowest BCUT2D eigenvalue weighted by atomic mass is 10.0. The Morgan fingerprint density at radius 2 is 1.49 bits per heavy atom. The molecule has 0 saturated heterocycles. The number of aromatic nitrogens is 2. The molecule has 0 bridgehead atoms. The number of nitrogens with zero attached hydrogens (tertiary/aromatic N) is 2. The second kappa shape index (κ2) is 14.2. The number of imidazole rings is 1. The zero-order valence-electron chi connectivity index (χ0n) is 20.1. The molecular weight excluding hydrogens is 637 g/mol. The summed E-state index contributed by atoms with van der Waals surface area (Å²) in [6.07, 6.45) is 7.97. The van der Waals surface area contributed by atoms with E-state index >= 15 is 0 Å². The normalized spacial score (nSPS) is 12.7. The summed E-state index contributed by atoms with van der Waals surface area (Å²) in [6, 6.07) is 19.1. The molecule has 0 aliphatic rings. The van der Waals surface area contributed by atoms with Crippen molar-refractivity contribution in [2.45, 2.75) is 45.1 Å². The van der Waals surface area contributed by atoms with E-state index in [1.807, 2.05) is 36.5 Å². The van der Waals surface area contributed by atoms with Crippen molar-refractivity contribution in [2.24, 2.45) is 0 Å². The van der Waals surface area contributed by atoms with E-state index in [2.05, 4.69) is 40.7 Å². The number of rotatable bonds is 10. The smallest absolute Gasteiger partial charge is 0.244 e. The standard InChI is InChI=1S/C28H26Cl5N2O.BrH/c1-2-3-27(19-4-7-21(29)8-5-19)35-13-12-34(18-35)16-28(24-11-10-23(31)15-26(24)33)36-17-20-6-9-22(30)14-25(20)32;/h4-15,18,27-28H,2-3,16-17H2,1H3;1H/q+1;/p-1. The Hall–Kier alpha value is -1.24. The van der Waals surface area contributed by atoms with Gasteiger partial charge in [-0.1, -0.05) is 95.6 Å². The Kier molecular flexibility index (Phi) is 11.7. The summed E-state index contributed by atoms with van der Waals surface area (Å²) in [5.41, 5.74) is 2.92. The number of hydrogen-bond donors (Lipinski definition) is 0. The zero-order valence-corrected chi connectivity index (χ0v) is 25.4. The molecule has 0 radical (unpaired) electrons. The van der Waals surface area contributed by atoms with Crippen molar-refractivity contribution in [1.29, 1.82) is 0 Å². The lowest BCUT2D eigenvalue weighted by Gasteiger charge is -2.19. The van der Waals surface area contributed by atoms with Crippen molar-refractivity contribution >= 4 is 58.0 Å². The van der Waals surface area contributed by atoms with Gasteiger partial charge in [0, 0.05) is 30.7 Å². The molecule has 37 heavy (non-hydrogen) atoms. The molecule has 0 spiro atoms. The molecule has 4 aromatic rings. The first-order chi connectivity index (χ1) is 17.3. The van der Waals surface area contributed by atoms with Crippen LogP contribution in [0.15, 0.2) is 79.4 Å². The number of hydrogen-bond acceptors (Lipinski definition) is 1. The van der Waals surface area contributed by atoms with Crippen LogP contribution in [0, 0.1) is 0 Å². The van der Waals surface area contributed by atoms with E-state index in [0.717, 1.165) is 29.0 Å². The molecular formula is C28H26BrCl5N2O. The van der Waals surface area contributed by atoms with Crippen molar-refractivity contribution in [3.8, 4) is 0 Å². The van der Waals surface area contributed by atoms with Crippen molar-refractivity contribution in [2.75, 3.05) is 0 Å². The fourth-order valence-electron chi connectivity index (χ4n) is 4.17. The van der Waals surface area contributed by atoms with Crippen molar-refractivity contribution < 1.29 is 26.3 Å². The summed E-state index contributed by atoms with van der Waals surface area (Å²) in [6.45, 7) is 3.05. The molecule has 9 heteroatoms. The predicted octanol–water partition coefficient (Wildman–Crippen LogP) is 6.39. The molecule has 1 heterocycles. The van der Waals surface area contributed by atoms with E-state index in [1.165, 1.54) is 5.56 Å². The fourth-order valence-corrected chi connectivity index (χ4v) is 5.29. The predicted molar refractivity (Wildman–Crippen MR) is 150 cm³/mol. The van der Waals surface area contributed by atoms with Gasteiger partial charge in [0.05, 0.1) is 6.61 Å². The number of ether oxygens (including phenoxy) is 1. The summed E-state index contributed by atoms with van der Waals surface area (Å²) in [5.74, 6) is 0. The summed E-state index contributed by atoms with van der Waals surface area (Å²) in [5, 5.41) is 3.01. The van der Waals surface area contributed by atoms with Gasteiger partial charge < -0.3 is 21.7 Å². The van der Waals surface area contributed by atoms with Crippen molar-refractivity contribution in [1.82, 2.24) is 4.57 Å². The van der Waals surface area contributed by atoms with Gasteiger partial charge in [0.1, 0.15) is 31.1 Å². The van der Waals surface area contributed by atoms with Crippen LogP contribution < -0.4 is 21.5 Å². The van der Waals surface area contributed by atoms with Gasteiger partial charge in [-0.2, -0.15) is 0 Å². The van der Waals surface area contributed by atoms with Gasteiger partial charge in [-0.25, -0.2) is 9.13 Å². The van der Waals surface area contributed by atoms with Gasteiger partial charge >= 0.3 is 0 Å². The third kappa shape index (κ3) is 8.12. The average Bonchev–Trinajstić information content (AvgIpc) is 3.30. The van der Waals surface area contributed by atoms with E-state index in [9.17, 15) is 0 Å². The highest BCUT2D eigenvalue weighted by Gasteiger charge is 2.23. The first kappa shape index (κ1) is 30.3. The van der Waals surface area contributed by atoms with Crippen LogP contribution >= 0.6 is 58.0 Å². The highest BCUT2D eigenvalue weighted by Crippen LogP contribution is 2.31. The molecule has 0 N–H and O–H groups in total. The fraction of sp³-hybridized carbons (Fsp3) is 0.250. The van der Waals surface area contributed by atoms with Gasteiger partial charge in [-0.15, -0.1) is 0 Å². The molecule has 2 atom stereocenters. The van der Waals surface area contributed by atoms with E-state index < -0.39 is 0 Å². The Morgan fingerprint density at radius 1 is 0.838 bits per heavy atom. The molecule has 0 saturated carbocycles. The monoisotopic (exact) mass is 660 g/mol. The van der Waals surface area contributed by atoms with Crippen molar-refractivity contribution in [3.63, 3.8) is 0 Å². The Bertz CT molecular complexity index is 1310. The van der Waals surface area contributed by atoms with Crippen LogP contribution in [0.4, 0.5) is 0 Å². The van der Waals surface area contributed by atoms with E-state index in [-0.39, 0.29) is 29.1 Å². The molecule has 196 valence electrons. The van der Waals surface area contributed by atoms with Gasteiger partial charge in [-0.05, 0) is 53.9 Å². The highest BCUT2D eigenvalue weighted by atomic mass is 79.9. The van der Waals surface area contributed by atoms with Gasteiger partial charge in [-0.3, -0.25) is 0 Å². The highest BCUT2D eigenvalue weighted by molar-refractivity contribution is 6.35. The molecule has 0 fully saturated rings. The lowest BCUT2D eigenvalue weighted by Crippen LogP contribution is -3.00. The minimum Gasteiger partial charge on any atom is -1.00 e. The van der Waals surface area contributed by atoms with Crippen LogP contribution in [0.5, 0.6) is 0 Å². The van der Waals surface area contributed by atoms with Crippen LogP contribution in [0.1, 0.15) is 48.6 Å². The quantitative estimate of drug-likeness (QED) is 0.180. The van der Waals surface area contributed by atoms with E-state index in [1.54, 1.807) is 18.2 Å². The summed E-state index contributed by atoms with van der Waals surface area (Å²) in [4.78, 5) is 0. The Labute approximate surface area is 253 Å². The first-order valence-electron chi connectivity index (χ1n) is 11.7. The molecule has 3 aromatic carbocycles. The van der Waals surface area contributed by atoms with E-state index in [4.69, 9.17) is 62.7 Å². The third-order valence-corrected chi connectivity index (χ3v) is 7.43. The topological polar surface area (TPSA) is 18.0 Å². The maximum atomic E-state index is 6.58. The molecule has 2 unspecified atom stereocenters. The molecule has 4 rings (SSSR count). The Morgan fingerprint density at radius 3 is 2.14 bits per heavy atom. The molecule has 0 amide bonds. The molecule has 0 aliphatic carbocycles. The average molecular weight is 664 g/mol. The van der Waals surface area contributed by atoms with Crippen LogP contribution in [-0.2, 0) is 17.9 Å². The first-order valence-corrected chi connectivity index (χ1v) is 13.6. The maximum absolute atomic E-state index is 6.58. The molecule has 0 aliphatic heterocycles. The van der Waals surface area contributed by atoms with Crippen LogP contribution in [0.3, 0.4) is 0 Å². The summed E-state index contributed by atoms with van der Waals surface area (Å²) >= 11 is 31.3. The zero-order chi connectivity index (χ0) is 25.7. The van der Waals surface area contributed by atoms with Gasteiger partial charge in [0.15, 0.2) is 0 Å². The number of benzene rings is 3. The largest absolute Gasteiger partial charge is 1.00 e. The van der Waals surface area contributed by atoms with Crippen molar-refractivity contribution in [3.05, 3.63) is 121 Å². The van der Waals surface area contributed by atoms with Crippen LogP contribution in [0.25, 0.3) is 0 Å². The van der Waals surface area contributed by atoms with E-state index in [0.29, 0.717) is 33.2 Å². The minimum atomic E-state index is -0.331. The Balaban J connectivity index is 0.00000380. The SMILES string of the molecule is CCCC(c1ccc(Cl)cc1)n1cc[n+](CC(OCc2ccc(Cl)cc2Cl)c2ccc(Cl)cc2Cl)c1.[Br-]. The van der Waals surface area contributed by atoms with Crippen LogP contribution in [0.2, 0.25) is 25.1 Å². The summed E-state index contributed by atoms with van der Waals surface area (Å²) in [7, 11) is 0. The second-order valence-electron chi connectivity index (χ2n) is 8.61. The third-order valence-electron chi connectivity index (χ3n) is 6.03. The van der Waals surface area contributed by atoms with Gasteiger partial charge in [0.25, 0.3) is 0 Å². The number of halogens is 6. The molecule has 1 aromatic heterocycles.